The topological polar surface area (TPSA) is 37.3 Å². The van der Waals surface area contributed by atoms with Gasteiger partial charge in [0.25, 0.3) is 0 Å². The minimum absolute atomic E-state index is 0. The molecule has 1 atom stereocenters. The van der Waals surface area contributed by atoms with Crippen molar-refractivity contribution in [3.8, 4) is 0 Å². The maximum absolute atomic E-state index is 11.4. The Morgan fingerprint density at radius 1 is 0.800 bits per heavy atom. The van der Waals surface area contributed by atoms with Crippen molar-refractivity contribution >= 4 is 5.97 Å². The molecule has 1 rings (SSSR count). The zero-order valence-corrected chi connectivity index (χ0v) is 21.7. The predicted octanol–water partition coefficient (Wildman–Crippen LogP) is 6.94. The minimum atomic E-state index is -0.690. The zero-order valence-electron chi connectivity index (χ0n) is 16.2. The van der Waals surface area contributed by atoms with Crippen LogP contribution in [0.1, 0.15) is 102 Å². The van der Waals surface area contributed by atoms with E-state index >= 15 is 0 Å². The molecule has 1 aromatic rings. The smallest absolute Gasteiger partial charge is 0.310 e. The summed E-state index contributed by atoms with van der Waals surface area (Å²) in [6.07, 6.45) is 16.5. The number of hydrogen-bond acceptors (Lipinski definition) is 1. The molecule has 0 radical (unpaired) electrons. The molecule has 0 aromatic heterocycles. The Morgan fingerprint density at radius 2 is 1.24 bits per heavy atom. The molecule has 0 bridgehead atoms. The largest absolute Gasteiger partial charge is 0.481 e. The number of carboxylic acids is 1. The minimum Gasteiger partial charge on any atom is -0.481 e. The summed E-state index contributed by atoms with van der Waals surface area (Å²) in [6.45, 7) is 2.26. The molecule has 0 amide bonds. The zero-order chi connectivity index (χ0) is 17.5. The molecule has 138 valence electrons. The Kier molecular flexibility index (Phi) is 16.8. The Morgan fingerprint density at radius 3 is 1.68 bits per heavy atom. The van der Waals surface area contributed by atoms with Gasteiger partial charge in [0.1, 0.15) is 0 Å². The molecule has 0 saturated carbocycles. The van der Waals surface area contributed by atoms with Gasteiger partial charge in [-0.25, -0.2) is 0 Å². The van der Waals surface area contributed by atoms with Crippen LogP contribution >= 0.6 is 0 Å². The summed E-state index contributed by atoms with van der Waals surface area (Å²) in [5, 5.41) is 9.40. The molecule has 3 heteroatoms. The molecule has 0 fully saturated rings. The van der Waals surface area contributed by atoms with E-state index in [9.17, 15) is 9.90 Å². The summed E-state index contributed by atoms with van der Waals surface area (Å²) in [4.78, 5) is 11.4. The molecule has 2 nitrogen and oxygen atoms in total. The average molecular weight is 533 g/mol. The third-order valence-electron chi connectivity index (χ3n) is 4.85. The van der Waals surface area contributed by atoms with Gasteiger partial charge in [-0.05, 0) is 12.0 Å². The van der Waals surface area contributed by atoms with Gasteiger partial charge in [0.2, 0.25) is 0 Å². The van der Waals surface area contributed by atoms with Crippen LogP contribution in [0.4, 0.5) is 0 Å². The van der Waals surface area contributed by atoms with Crippen molar-refractivity contribution in [1.82, 2.24) is 0 Å². The van der Waals surface area contributed by atoms with Crippen LogP contribution in [-0.4, -0.2) is 11.1 Å². The fourth-order valence-electron chi connectivity index (χ4n) is 3.31. The van der Waals surface area contributed by atoms with Crippen molar-refractivity contribution in [3.63, 3.8) is 0 Å². The summed E-state index contributed by atoms with van der Waals surface area (Å²) >= 11 is 0. The monoisotopic (exact) mass is 534 g/mol. The van der Waals surface area contributed by atoms with E-state index in [0.717, 1.165) is 24.8 Å². The Hall–Kier alpha value is -0.375. The van der Waals surface area contributed by atoms with Gasteiger partial charge >= 0.3 is 5.97 Å². The van der Waals surface area contributed by atoms with Crippen LogP contribution in [-0.2, 0) is 32.5 Å². The number of carboxylic acid groups (broad SMARTS) is 1. The Labute approximate surface area is 175 Å². The van der Waals surface area contributed by atoms with Crippen molar-refractivity contribution in [2.24, 2.45) is 0 Å². The van der Waals surface area contributed by atoms with Crippen molar-refractivity contribution in [2.75, 3.05) is 0 Å². The van der Waals surface area contributed by atoms with E-state index in [1.165, 1.54) is 64.2 Å². The van der Waals surface area contributed by atoms with Gasteiger partial charge in [-0.1, -0.05) is 114 Å². The second-order valence-electron chi connectivity index (χ2n) is 6.98. The second kappa shape index (κ2) is 17.1. The van der Waals surface area contributed by atoms with Crippen molar-refractivity contribution < 1.29 is 37.6 Å². The van der Waals surface area contributed by atoms with Gasteiger partial charge in [0, 0.05) is 27.7 Å². The molecule has 1 aromatic carbocycles. The number of carbonyl (C=O) groups is 1. The average Bonchev–Trinajstić information content (AvgIpc) is 2.59. The first-order chi connectivity index (χ1) is 11.8. The first kappa shape index (κ1) is 24.6. The van der Waals surface area contributed by atoms with E-state index in [0.29, 0.717) is 0 Å². The van der Waals surface area contributed by atoms with Crippen LogP contribution in [0.15, 0.2) is 30.3 Å². The first-order valence-electron chi connectivity index (χ1n) is 10.0. The molecule has 1 N–H and O–H groups in total. The molecule has 0 aliphatic carbocycles. The first-order valence-corrected chi connectivity index (χ1v) is 10.0. The summed E-state index contributed by atoms with van der Waals surface area (Å²) in [6, 6.07) is 9.64. The van der Waals surface area contributed by atoms with Crippen LogP contribution in [0.5, 0.6) is 0 Å². The number of hydrogen-bond donors (Lipinski definition) is 1. The molecule has 0 heterocycles. The van der Waals surface area contributed by atoms with Gasteiger partial charge in [0.05, 0.1) is 5.92 Å². The maximum Gasteiger partial charge on any atom is 0.310 e. The van der Waals surface area contributed by atoms with Crippen LogP contribution in [0, 0.1) is 0 Å². The fraction of sp³-hybridized carbons (Fsp3) is 0.682. The molecule has 0 aliphatic rings. The van der Waals surface area contributed by atoms with Crippen LogP contribution < -0.4 is 0 Å². The number of aliphatic carboxylic acids is 1. The van der Waals surface area contributed by atoms with Crippen molar-refractivity contribution in [1.29, 1.82) is 0 Å². The van der Waals surface area contributed by atoms with Crippen molar-refractivity contribution in [2.45, 2.75) is 96.3 Å². The summed E-state index contributed by atoms with van der Waals surface area (Å²) in [7, 11) is 0. The van der Waals surface area contributed by atoms with Crippen LogP contribution in [0.2, 0.25) is 0 Å². The van der Waals surface area contributed by atoms with E-state index in [1.807, 2.05) is 30.3 Å². The quantitative estimate of drug-likeness (QED) is 0.196. The molecular weight excluding hydrogens is 497 g/mol. The van der Waals surface area contributed by atoms with E-state index in [-0.39, 0.29) is 33.6 Å². The summed E-state index contributed by atoms with van der Waals surface area (Å²) in [5.41, 5.74) is 0.938. The Balaban J connectivity index is 0.00000576. The van der Waals surface area contributed by atoms with E-state index in [2.05, 4.69) is 6.92 Å². The summed E-state index contributed by atoms with van der Waals surface area (Å²) in [5.74, 6) is -1.03. The third-order valence-corrected chi connectivity index (χ3v) is 4.85. The molecular formula is C22H36HgO2. The predicted molar refractivity (Wildman–Crippen MR) is 103 cm³/mol. The van der Waals surface area contributed by atoms with E-state index in [1.54, 1.807) is 0 Å². The fourth-order valence-corrected chi connectivity index (χ4v) is 3.31. The third kappa shape index (κ3) is 12.6. The van der Waals surface area contributed by atoms with E-state index < -0.39 is 5.97 Å². The molecule has 25 heavy (non-hydrogen) atoms. The SMILES string of the molecule is CCCCCCCCCCCCCCC(C(=O)O)c1ccccc1.[Hg]. The van der Waals surface area contributed by atoms with E-state index in [4.69, 9.17) is 0 Å². The van der Waals surface area contributed by atoms with Gasteiger partial charge in [-0.3, -0.25) is 4.79 Å². The number of unbranched alkanes of at least 4 members (excludes halogenated alkanes) is 11. The molecule has 0 spiro atoms. The van der Waals surface area contributed by atoms with Gasteiger partial charge < -0.3 is 5.11 Å². The van der Waals surface area contributed by atoms with Gasteiger partial charge in [0.15, 0.2) is 0 Å². The van der Waals surface area contributed by atoms with Gasteiger partial charge in [-0.15, -0.1) is 0 Å². The molecule has 0 aliphatic heterocycles. The summed E-state index contributed by atoms with van der Waals surface area (Å²) < 4.78 is 0. The molecule has 0 saturated heterocycles. The van der Waals surface area contributed by atoms with Crippen LogP contribution in [0.3, 0.4) is 0 Å². The number of benzene rings is 1. The number of rotatable bonds is 15. The molecule has 1 unspecified atom stereocenters. The Bertz CT molecular complexity index is 419. The van der Waals surface area contributed by atoms with Gasteiger partial charge in [-0.2, -0.15) is 0 Å². The second-order valence-corrected chi connectivity index (χ2v) is 6.98. The van der Waals surface area contributed by atoms with Crippen molar-refractivity contribution in [3.05, 3.63) is 35.9 Å². The maximum atomic E-state index is 11.4. The normalized spacial score (nSPS) is 11.7. The standard InChI is InChI=1S/C22H36O2.Hg/c1-2-3-4-5-6-7-8-9-10-11-12-16-19-21(22(23)24)20-17-14-13-15-18-20;/h13-15,17-18,21H,2-12,16,19H2,1H3,(H,23,24);. The van der Waals surface area contributed by atoms with Crippen LogP contribution in [0.25, 0.3) is 0 Å².